The highest BCUT2D eigenvalue weighted by Crippen LogP contribution is 2.36. The molecule has 0 unspecified atom stereocenters. The molecule has 11 nitrogen and oxygen atoms in total. The number of hydrogen-bond acceptors (Lipinski definition) is 11. The van der Waals surface area contributed by atoms with E-state index in [1.165, 1.54) is 56.3 Å². The molecule has 0 saturated heterocycles. The first kappa shape index (κ1) is 27.5. The van der Waals surface area contributed by atoms with Gasteiger partial charge in [-0.25, -0.2) is 0 Å². The molecule has 0 aromatic heterocycles. The van der Waals surface area contributed by atoms with Crippen molar-refractivity contribution >= 4 is 35.8 Å². The van der Waals surface area contributed by atoms with Gasteiger partial charge in [0.05, 0.1) is 56.0 Å². The van der Waals surface area contributed by atoms with Crippen LogP contribution in [0.1, 0.15) is 0 Å². The first-order valence-electron chi connectivity index (χ1n) is 8.96. The molecule has 0 radical (unpaired) electrons. The first-order chi connectivity index (χ1) is 15.2. The van der Waals surface area contributed by atoms with Crippen LogP contribution in [0.4, 0.5) is 11.4 Å². The molecule has 3 N–H and O–H groups in total. The van der Waals surface area contributed by atoms with Gasteiger partial charge in [0.1, 0.15) is 11.5 Å². The average molecular weight is 489 g/mol. The van der Waals surface area contributed by atoms with Crippen LogP contribution in [0.15, 0.2) is 46.2 Å². The molecule has 0 saturated carbocycles. The summed E-state index contributed by atoms with van der Waals surface area (Å²) in [6.07, 6.45) is 0. The summed E-state index contributed by atoms with van der Waals surface area (Å²) >= 11 is 5.29. The monoisotopic (exact) mass is 488 g/mol. The van der Waals surface area contributed by atoms with Crippen LogP contribution in [0.2, 0.25) is 0 Å². The van der Waals surface area contributed by atoms with Gasteiger partial charge in [-0.3, -0.25) is 20.2 Å². The fourth-order valence-corrected chi connectivity index (χ4v) is 3.60. The fraction of sp³-hybridized carbons (Fsp3) is 0.368. The number of rotatable bonds is 10. The van der Waals surface area contributed by atoms with Crippen molar-refractivity contribution in [2.45, 2.75) is 9.79 Å². The highest BCUT2D eigenvalue weighted by Gasteiger charge is 2.29. The van der Waals surface area contributed by atoms with Crippen LogP contribution in [0.5, 0.6) is 11.5 Å². The second-order valence-corrected chi connectivity index (χ2v) is 7.97. The maximum absolute atomic E-state index is 10.7. The molecule has 13 heteroatoms. The van der Waals surface area contributed by atoms with Crippen molar-refractivity contribution in [3.63, 3.8) is 0 Å². The first-order valence-corrected chi connectivity index (χ1v) is 10.4. The van der Waals surface area contributed by atoms with Crippen molar-refractivity contribution in [3.05, 3.63) is 56.6 Å². The Hall–Kier alpha value is -2.58. The lowest BCUT2D eigenvalue weighted by Crippen LogP contribution is -2.36. The van der Waals surface area contributed by atoms with Crippen molar-refractivity contribution in [1.82, 2.24) is 0 Å². The van der Waals surface area contributed by atoms with Crippen LogP contribution >= 0.6 is 24.4 Å². The number of nitro benzene ring substituents is 2. The largest absolute Gasteiger partial charge is 0.495 e. The van der Waals surface area contributed by atoms with Crippen LogP contribution in [0, 0.1) is 25.6 Å². The Bertz CT molecular complexity index is 915. The zero-order valence-corrected chi connectivity index (χ0v) is 19.0. The van der Waals surface area contributed by atoms with E-state index in [4.69, 9.17) is 9.47 Å². The molecule has 0 heterocycles. The summed E-state index contributed by atoms with van der Waals surface area (Å²) < 4.78 is 9.94. The van der Waals surface area contributed by atoms with Crippen molar-refractivity contribution in [3.8, 4) is 11.5 Å². The van der Waals surface area contributed by atoms with Gasteiger partial charge in [-0.15, -0.1) is 24.4 Å². The normalized spacial score (nSPS) is 10.7. The van der Waals surface area contributed by atoms with Gasteiger partial charge in [-0.2, -0.15) is 0 Å². The number of nitrogens with zero attached hydrogens (tertiary/aromatic N) is 2. The van der Waals surface area contributed by atoms with Crippen molar-refractivity contribution < 1.29 is 34.6 Å². The molecule has 0 aliphatic heterocycles. The molecule has 0 spiro atoms. The number of aliphatic hydroxyl groups excluding tert-OH is 3. The highest BCUT2D eigenvalue weighted by molar-refractivity contribution is 7.99. The van der Waals surface area contributed by atoms with Gasteiger partial charge >= 0.3 is 0 Å². The average Bonchev–Trinajstić information content (AvgIpc) is 2.80. The number of non-ortho nitro benzene ring substituents is 2. The molecule has 176 valence electrons. The second kappa shape index (κ2) is 13.1. The molecule has 0 aliphatic carbocycles. The van der Waals surface area contributed by atoms with Crippen molar-refractivity contribution in [1.29, 1.82) is 0 Å². The van der Waals surface area contributed by atoms with Gasteiger partial charge in [-0.1, -0.05) is 0 Å². The Labute approximate surface area is 193 Å². The molecule has 2 aromatic rings. The fourth-order valence-electron chi connectivity index (χ4n) is 2.19. The van der Waals surface area contributed by atoms with Gasteiger partial charge < -0.3 is 24.8 Å². The summed E-state index contributed by atoms with van der Waals surface area (Å²) in [6, 6.07) is 8.44. The van der Waals surface area contributed by atoms with Crippen LogP contribution in [-0.2, 0) is 0 Å². The zero-order valence-electron chi connectivity index (χ0n) is 17.3. The topological polar surface area (TPSA) is 165 Å². The summed E-state index contributed by atoms with van der Waals surface area (Å²) in [4.78, 5) is 21.2. The minimum absolute atomic E-state index is 0.00431. The van der Waals surface area contributed by atoms with E-state index in [9.17, 15) is 35.5 Å². The molecule has 2 aromatic carbocycles. The number of aliphatic hydroxyl groups is 3. The summed E-state index contributed by atoms with van der Waals surface area (Å²) in [5.74, 6) is 1.00. The van der Waals surface area contributed by atoms with Gasteiger partial charge in [0, 0.05) is 33.1 Å². The van der Waals surface area contributed by atoms with Crippen LogP contribution in [0.3, 0.4) is 0 Å². The number of hydrogen-bond donors (Lipinski definition) is 4. The Balaban J connectivity index is 0.000000363. The summed E-state index contributed by atoms with van der Waals surface area (Å²) in [5, 5.41) is 48.7. The van der Waals surface area contributed by atoms with Crippen LogP contribution in [0.25, 0.3) is 0 Å². The molecule has 32 heavy (non-hydrogen) atoms. The molecule has 0 fully saturated rings. The zero-order chi connectivity index (χ0) is 24.3. The third-order valence-corrected chi connectivity index (χ3v) is 6.05. The van der Waals surface area contributed by atoms with E-state index in [1.807, 2.05) is 0 Å². The summed E-state index contributed by atoms with van der Waals surface area (Å²) in [5.41, 5.74) is -1.08. The van der Waals surface area contributed by atoms with E-state index in [-0.39, 0.29) is 36.9 Å². The van der Waals surface area contributed by atoms with E-state index in [2.05, 4.69) is 12.6 Å². The predicted octanol–water partition coefficient (Wildman–Crippen LogP) is 2.55. The molecular formula is C19H24N2O9S2. The number of methoxy groups -OCH3 is 2. The van der Waals surface area contributed by atoms with Gasteiger partial charge in [0.2, 0.25) is 0 Å². The standard InChI is InChI=1S/C12H17NO6S.C7H7NO3S/c1-19-10-4-9(13(17)18)2-3-11(10)20-8-12(5-14,6-15)7-16;1-11-6-4-5(8(9)10)2-3-7(6)12/h2-4,14-16H,5-8H2,1H3;2-4,12H,1H3. The second-order valence-electron chi connectivity index (χ2n) is 6.47. The lowest BCUT2D eigenvalue weighted by molar-refractivity contribution is -0.385. The third kappa shape index (κ3) is 7.53. The van der Waals surface area contributed by atoms with Crippen molar-refractivity contribution in [2.75, 3.05) is 39.8 Å². The summed E-state index contributed by atoms with van der Waals surface area (Å²) in [6.45, 7) is -1.08. The highest BCUT2D eigenvalue weighted by atomic mass is 32.2. The van der Waals surface area contributed by atoms with Gasteiger partial charge in [0.15, 0.2) is 0 Å². The quantitative estimate of drug-likeness (QED) is 0.169. The lowest BCUT2D eigenvalue weighted by atomic mass is 9.94. The maximum atomic E-state index is 10.7. The molecule has 0 atom stereocenters. The minimum atomic E-state index is -1.00. The third-order valence-electron chi connectivity index (χ3n) is 4.27. The molecular weight excluding hydrogens is 464 g/mol. The predicted molar refractivity (Wildman–Crippen MR) is 121 cm³/mol. The Morgan fingerprint density at radius 1 is 0.906 bits per heavy atom. The SMILES string of the molecule is COc1cc([N+](=O)[O-])ccc1S.COc1cc([N+](=O)[O-])ccc1SCC(CO)(CO)CO. The van der Waals surface area contributed by atoms with Crippen LogP contribution < -0.4 is 9.47 Å². The van der Waals surface area contributed by atoms with Crippen molar-refractivity contribution in [2.24, 2.45) is 5.41 Å². The minimum Gasteiger partial charge on any atom is -0.495 e. The molecule has 2 rings (SSSR count). The van der Waals surface area contributed by atoms with Crippen LogP contribution in [-0.4, -0.2) is 65.0 Å². The van der Waals surface area contributed by atoms with Gasteiger partial charge in [0.25, 0.3) is 11.4 Å². The van der Waals surface area contributed by atoms with E-state index < -0.39 is 15.3 Å². The lowest BCUT2D eigenvalue weighted by Gasteiger charge is -2.26. The number of ether oxygens (including phenoxy) is 2. The van der Waals surface area contributed by atoms with E-state index in [0.717, 1.165) is 0 Å². The number of nitro groups is 2. The van der Waals surface area contributed by atoms with E-state index >= 15 is 0 Å². The van der Waals surface area contributed by atoms with Gasteiger partial charge in [-0.05, 0) is 12.1 Å². The molecule has 0 bridgehead atoms. The number of thiol groups is 1. The Morgan fingerprint density at radius 3 is 1.81 bits per heavy atom. The number of thioether (sulfide) groups is 1. The molecule has 0 aliphatic rings. The Morgan fingerprint density at radius 2 is 1.38 bits per heavy atom. The smallest absolute Gasteiger partial charge is 0.273 e. The Kier molecular flexibility index (Phi) is 11.2. The number of benzene rings is 2. The van der Waals surface area contributed by atoms with E-state index in [0.29, 0.717) is 21.3 Å². The maximum Gasteiger partial charge on any atom is 0.273 e. The summed E-state index contributed by atoms with van der Waals surface area (Å²) in [7, 11) is 2.85. The van der Waals surface area contributed by atoms with E-state index in [1.54, 1.807) is 6.07 Å². The molecule has 0 amide bonds.